The Morgan fingerprint density at radius 3 is 2.50 bits per heavy atom. The maximum atomic E-state index is 13.8. The third kappa shape index (κ3) is 4.46. The first-order chi connectivity index (χ1) is 16.4. The van der Waals surface area contributed by atoms with Gasteiger partial charge in [-0.2, -0.15) is 0 Å². The molecule has 4 aromatic rings. The number of benzene rings is 2. The third-order valence-electron chi connectivity index (χ3n) is 5.05. The van der Waals surface area contributed by atoms with Gasteiger partial charge in [-0.25, -0.2) is 4.98 Å². The number of methoxy groups -OCH3 is 3. The average Bonchev–Trinajstić information content (AvgIpc) is 3.29. The van der Waals surface area contributed by atoms with Crippen molar-refractivity contribution in [2.45, 2.75) is 6.54 Å². The lowest BCUT2D eigenvalue weighted by molar-refractivity contribution is -0.385. The van der Waals surface area contributed by atoms with E-state index in [9.17, 15) is 14.9 Å². The molecule has 0 aliphatic rings. The van der Waals surface area contributed by atoms with Crippen LogP contribution in [0.2, 0.25) is 0 Å². The summed E-state index contributed by atoms with van der Waals surface area (Å²) < 4.78 is 16.6. The van der Waals surface area contributed by atoms with E-state index >= 15 is 0 Å². The molecule has 0 aliphatic heterocycles. The number of ether oxygens (including phenoxy) is 3. The molecule has 0 bridgehead atoms. The molecule has 0 unspecified atom stereocenters. The minimum Gasteiger partial charge on any atom is -0.497 e. The van der Waals surface area contributed by atoms with Crippen molar-refractivity contribution in [1.82, 2.24) is 9.97 Å². The molecular weight excluding hydrogens is 460 g/mol. The van der Waals surface area contributed by atoms with Crippen molar-refractivity contribution in [3.8, 4) is 17.2 Å². The van der Waals surface area contributed by atoms with E-state index in [1.54, 1.807) is 37.7 Å². The van der Waals surface area contributed by atoms with Gasteiger partial charge in [0, 0.05) is 24.5 Å². The monoisotopic (exact) mass is 480 g/mol. The molecule has 0 saturated heterocycles. The summed E-state index contributed by atoms with van der Waals surface area (Å²) in [5.41, 5.74) is 0.825. The number of rotatable bonds is 8. The van der Waals surface area contributed by atoms with E-state index in [2.05, 4.69) is 9.97 Å². The predicted molar refractivity (Wildman–Crippen MR) is 127 cm³/mol. The first-order valence-corrected chi connectivity index (χ1v) is 10.8. The standard InChI is InChI=1S/C23H20N4O6S/c1-31-15-6-7-21-17(9-15)25-23(34-21)26(13-14-5-4-8-24-12-14)22(28)16-10-19(32-2)20(33-3)11-18(16)27(29)30/h4-12H,13H2,1-3H3. The number of nitro benzene ring substituents is 1. The van der Waals surface area contributed by atoms with Crippen molar-refractivity contribution < 1.29 is 23.9 Å². The molecular formula is C23H20N4O6S. The molecule has 0 radical (unpaired) electrons. The number of nitrogens with zero attached hydrogens (tertiary/aromatic N) is 4. The molecule has 2 aromatic carbocycles. The fraction of sp³-hybridized carbons (Fsp3) is 0.174. The molecule has 34 heavy (non-hydrogen) atoms. The van der Waals surface area contributed by atoms with E-state index in [0.717, 1.165) is 10.3 Å². The van der Waals surface area contributed by atoms with Gasteiger partial charge in [-0.3, -0.25) is 24.8 Å². The zero-order valence-electron chi connectivity index (χ0n) is 18.5. The Kier molecular flexibility index (Phi) is 6.55. The summed E-state index contributed by atoms with van der Waals surface area (Å²) in [6.07, 6.45) is 3.25. The van der Waals surface area contributed by atoms with Gasteiger partial charge in [-0.1, -0.05) is 17.4 Å². The number of carbonyl (C=O) groups excluding carboxylic acids is 1. The highest BCUT2D eigenvalue weighted by Crippen LogP contribution is 2.37. The molecule has 174 valence electrons. The first-order valence-electron chi connectivity index (χ1n) is 10.0. The predicted octanol–water partition coefficient (Wildman–Crippen LogP) is 4.47. The van der Waals surface area contributed by atoms with E-state index < -0.39 is 16.5 Å². The van der Waals surface area contributed by atoms with Gasteiger partial charge in [-0.05, 0) is 23.8 Å². The average molecular weight is 481 g/mol. The summed E-state index contributed by atoms with van der Waals surface area (Å²) in [6.45, 7) is 0.106. The molecule has 0 atom stereocenters. The van der Waals surface area contributed by atoms with Crippen molar-refractivity contribution in [1.29, 1.82) is 0 Å². The summed E-state index contributed by atoms with van der Waals surface area (Å²) in [7, 11) is 4.32. The normalized spacial score (nSPS) is 10.7. The van der Waals surface area contributed by atoms with Gasteiger partial charge in [0.05, 0.1) is 49.1 Å². The fourth-order valence-corrected chi connectivity index (χ4v) is 4.32. The highest BCUT2D eigenvalue weighted by atomic mass is 32.1. The van der Waals surface area contributed by atoms with Crippen LogP contribution >= 0.6 is 11.3 Å². The van der Waals surface area contributed by atoms with Gasteiger partial charge in [0.25, 0.3) is 11.6 Å². The van der Waals surface area contributed by atoms with Crippen LogP contribution in [0.1, 0.15) is 15.9 Å². The van der Waals surface area contributed by atoms with Crippen LogP contribution in [0.15, 0.2) is 54.9 Å². The number of anilines is 1. The number of carbonyl (C=O) groups is 1. The Morgan fingerprint density at radius 1 is 1.09 bits per heavy atom. The van der Waals surface area contributed by atoms with Crippen LogP contribution in [0.3, 0.4) is 0 Å². The Hall–Kier alpha value is -4.25. The summed E-state index contributed by atoms with van der Waals surface area (Å²) in [6, 6.07) is 11.5. The molecule has 2 aromatic heterocycles. The molecule has 2 heterocycles. The Morgan fingerprint density at radius 2 is 1.85 bits per heavy atom. The summed E-state index contributed by atoms with van der Waals surface area (Å²) >= 11 is 1.29. The number of hydrogen-bond acceptors (Lipinski definition) is 9. The lowest BCUT2D eigenvalue weighted by Gasteiger charge is -2.20. The van der Waals surface area contributed by atoms with Gasteiger partial charge >= 0.3 is 0 Å². The van der Waals surface area contributed by atoms with Crippen molar-refractivity contribution >= 4 is 38.3 Å². The van der Waals surface area contributed by atoms with Gasteiger partial charge in [0.1, 0.15) is 11.3 Å². The van der Waals surface area contributed by atoms with Crippen LogP contribution in [0.25, 0.3) is 10.2 Å². The highest BCUT2D eigenvalue weighted by molar-refractivity contribution is 7.22. The number of pyridine rings is 1. The number of hydrogen-bond donors (Lipinski definition) is 0. The lowest BCUT2D eigenvalue weighted by atomic mass is 10.1. The Bertz CT molecular complexity index is 1360. The summed E-state index contributed by atoms with van der Waals surface area (Å²) in [5.74, 6) is 0.371. The van der Waals surface area contributed by atoms with E-state index in [4.69, 9.17) is 14.2 Å². The van der Waals surface area contributed by atoms with Gasteiger partial charge < -0.3 is 14.2 Å². The van der Waals surface area contributed by atoms with Crippen LogP contribution in [-0.4, -0.2) is 42.1 Å². The molecule has 4 rings (SSSR count). The minimum absolute atomic E-state index is 0.106. The molecule has 0 N–H and O–H groups in total. The molecule has 0 saturated carbocycles. The topological polar surface area (TPSA) is 117 Å². The van der Waals surface area contributed by atoms with E-state index in [-0.39, 0.29) is 23.6 Å². The largest absolute Gasteiger partial charge is 0.497 e. The van der Waals surface area contributed by atoms with Crippen molar-refractivity contribution in [2.75, 3.05) is 26.2 Å². The highest BCUT2D eigenvalue weighted by Gasteiger charge is 2.30. The van der Waals surface area contributed by atoms with E-state index in [1.807, 2.05) is 12.1 Å². The lowest BCUT2D eigenvalue weighted by Crippen LogP contribution is -2.31. The number of aromatic nitrogens is 2. The fourth-order valence-electron chi connectivity index (χ4n) is 3.37. The number of nitro groups is 1. The number of fused-ring (bicyclic) bond motifs is 1. The quantitative estimate of drug-likeness (QED) is 0.268. The van der Waals surface area contributed by atoms with Crippen molar-refractivity contribution in [3.05, 3.63) is 76.1 Å². The zero-order chi connectivity index (χ0) is 24.2. The maximum Gasteiger partial charge on any atom is 0.286 e. The second-order valence-electron chi connectivity index (χ2n) is 7.06. The zero-order valence-corrected chi connectivity index (χ0v) is 19.4. The number of amides is 1. The van der Waals surface area contributed by atoms with Gasteiger partial charge in [0.15, 0.2) is 16.6 Å². The first kappa shape index (κ1) is 22.9. The molecule has 0 spiro atoms. The van der Waals surface area contributed by atoms with Crippen molar-refractivity contribution in [2.24, 2.45) is 0 Å². The molecule has 0 aliphatic carbocycles. The molecule has 1 amide bonds. The van der Waals surface area contributed by atoms with Crippen molar-refractivity contribution in [3.63, 3.8) is 0 Å². The van der Waals surface area contributed by atoms with E-state index in [1.165, 1.54) is 42.6 Å². The molecule has 0 fully saturated rings. The van der Waals surface area contributed by atoms with Gasteiger partial charge in [-0.15, -0.1) is 0 Å². The van der Waals surface area contributed by atoms with E-state index in [0.29, 0.717) is 16.4 Å². The van der Waals surface area contributed by atoms with Crippen LogP contribution in [-0.2, 0) is 6.54 Å². The summed E-state index contributed by atoms with van der Waals surface area (Å²) in [5, 5.41) is 12.2. The third-order valence-corrected chi connectivity index (χ3v) is 6.11. The van der Waals surface area contributed by atoms with Crippen LogP contribution in [0.4, 0.5) is 10.8 Å². The Labute approximate surface area is 198 Å². The second kappa shape index (κ2) is 9.71. The molecule has 11 heteroatoms. The van der Waals surface area contributed by atoms with Gasteiger partial charge in [0.2, 0.25) is 0 Å². The summed E-state index contributed by atoms with van der Waals surface area (Å²) in [4.78, 5) is 35.1. The SMILES string of the molecule is COc1ccc2sc(N(Cc3cccnc3)C(=O)c3cc(OC)c(OC)cc3[N+](=O)[O-])nc2c1. The number of thiazole rings is 1. The second-order valence-corrected chi connectivity index (χ2v) is 8.07. The molecule has 10 nitrogen and oxygen atoms in total. The minimum atomic E-state index is -0.624. The van der Waals surface area contributed by atoms with Crippen LogP contribution in [0, 0.1) is 10.1 Å². The van der Waals surface area contributed by atoms with Crippen LogP contribution in [0.5, 0.6) is 17.2 Å². The Balaban J connectivity index is 1.86. The smallest absolute Gasteiger partial charge is 0.286 e. The van der Waals surface area contributed by atoms with Crippen LogP contribution < -0.4 is 19.1 Å². The maximum absolute atomic E-state index is 13.8.